The van der Waals surface area contributed by atoms with E-state index in [1.807, 2.05) is 34.7 Å². The third-order valence-corrected chi connectivity index (χ3v) is 9.30. The summed E-state index contributed by atoms with van der Waals surface area (Å²) >= 11 is 13.9. The van der Waals surface area contributed by atoms with Crippen LogP contribution in [0.4, 0.5) is 5.69 Å². The van der Waals surface area contributed by atoms with Gasteiger partial charge in [-0.2, -0.15) is 10.2 Å². The minimum absolute atomic E-state index is 0.0687. The first-order valence-corrected chi connectivity index (χ1v) is 14.4. The van der Waals surface area contributed by atoms with Crippen LogP contribution in [0.3, 0.4) is 0 Å². The predicted molar refractivity (Wildman–Crippen MR) is 155 cm³/mol. The highest BCUT2D eigenvalue weighted by Crippen LogP contribution is 2.50. The van der Waals surface area contributed by atoms with Gasteiger partial charge in [-0.1, -0.05) is 41.4 Å². The second-order valence-corrected chi connectivity index (χ2v) is 11.7. The molecule has 6 rings (SSSR count). The zero-order chi connectivity index (χ0) is 26.1. The van der Waals surface area contributed by atoms with E-state index in [9.17, 15) is 4.79 Å². The molecule has 2 aromatic carbocycles. The van der Waals surface area contributed by atoms with Crippen LogP contribution >= 0.6 is 34.5 Å². The molecule has 9 heteroatoms. The third kappa shape index (κ3) is 4.96. The molecule has 0 N–H and O–H groups in total. The van der Waals surface area contributed by atoms with Gasteiger partial charge >= 0.3 is 0 Å². The Morgan fingerprint density at radius 2 is 1.95 bits per heavy atom. The molecule has 1 fully saturated rings. The van der Waals surface area contributed by atoms with Gasteiger partial charge in [-0.15, -0.1) is 11.3 Å². The van der Waals surface area contributed by atoms with Crippen molar-refractivity contribution in [1.82, 2.24) is 20.1 Å². The zero-order valence-electron chi connectivity index (χ0n) is 20.8. The van der Waals surface area contributed by atoms with Crippen molar-refractivity contribution in [3.8, 4) is 0 Å². The summed E-state index contributed by atoms with van der Waals surface area (Å²) in [5.74, 6) is 0.154. The molecular weight excluding hydrogens is 537 g/mol. The number of anilines is 1. The number of benzene rings is 2. The van der Waals surface area contributed by atoms with Crippen molar-refractivity contribution in [2.45, 2.75) is 31.1 Å². The Morgan fingerprint density at radius 3 is 2.74 bits per heavy atom. The summed E-state index contributed by atoms with van der Waals surface area (Å²) in [5, 5.41) is 8.92. The maximum absolute atomic E-state index is 13.5. The van der Waals surface area contributed by atoms with Crippen LogP contribution in [0.25, 0.3) is 16.3 Å². The Balaban J connectivity index is 1.18. The molecular formula is C29H27Cl2N5OS. The fourth-order valence-corrected chi connectivity index (χ4v) is 6.73. The smallest absolute Gasteiger partial charge is 0.227 e. The molecule has 2 aliphatic rings. The van der Waals surface area contributed by atoms with E-state index in [0.717, 1.165) is 61.4 Å². The summed E-state index contributed by atoms with van der Waals surface area (Å²) in [6.45, 7) is 3.53. The number of hydrogen-bond donors (Lipinski definition) is 0. The van der Waals surface area contributed by atoms with Gasteiger partial charge in [0, 0.05) is 42.4 Å². The van der Waals surface area contributed by atoms with Crippen LogP contribution in [0, 0.1) is 0 Å². The second kappa shape index (κ2) is 10.7. The lowest BCUT2D eigenvalue weighted by molar-refractivity contribution is -0.118. The predicted octanol–water partition coefficient (Wildman–Crippen LogP) is 6.42. The van der Waals surface area contributed by atoms with Gasteiger partial charge in [0.1, 0.15) is 0 Å². The fourth-order valence-electron chi connectivity index (χ4n) is 5.74. The van der Waals surface area contributed by atoms with Gasteiger partial charge in [0.15, 0.2) is 0 Å². The average Bonchev–Trinajstić information content (AvgIpc) is 3.54. The van der Waals surface area contributed by atoms with Crippen molar-refractivity contribution in [3.63, 3.8) is 0 Å². The number of piperidine rings is 1. The summed E-state index contributed by atoms with van der Waals surface area (Å²) < 4.78 is 1.19. The number of aromatic nitrogens is 3. The lowest BCUT2D eigenvalue weighted by Crippen LogP contribution is -2.46. The number of fused-ring (bicyclic) bond motifs is 4. The molecule has 6 nitrogen and oxygen atoms in total. The van der Waals surface area contributed by atoms with Gasteiger partial charge in [-0.25, -0.2) is 4.98 Å². The number of amides is 1. The molecule has 1 amide bonds. The van der Waals surface area contributed by atoms with Crippen LogP contribution in [-0.2, 0) is 16.6 Å². The van der Waals surface area contributed by atoms with Crippen LogP contribution in [0.15, 0.2) is 60.4 Å². The van der Waals surface area contributed by atoms with E-state index < -0.39 is 0 Å². The average molecular weight is 565 g/mol. The molecule has 2 aromatic heterocycles. The third-order valence-electron chi connectivity index (χ3n) is 7.77. The van der Waals surface area contributed by atoms with Crippen molar-refractivity contribution >= 4 is 62.4 Å². The summed E-state index contributed by atoms with van der Waals surface area (Å²) in [7, 11) is 0. The highest BCUT2D eigenvalue weighted by molar-refractivity contribution is 7.16. The Morgan fingerprint density at radius 1 is 1.08 bits per heavy atom. The molecule has 4 aromatic rings. The van der Waals surface area contributed by atoms with E-state index in [2.05, 4.69) is 39.4 Å². The second-order valence-electron chi connectivity index (χ2n) is 10.0. The number of nitrogens with zero attached hydrogens (tertiary/aromatic N) is 5. The van der Waals surface area contributed by atoms with Crippen molar-refractivity contribution in [2.75, 3.05) is 31.1 Å². The van der Waals surface area contributed by atoms with Gasteiger partial charge in [0.05, 0.1) is 32.0 Å². The number of likely N-dealkylation sites (tertiary alicyclic amines) is 1. The van der Waals surface area contributed by atoms with Crippen molar-refractivity contribution < 1.29 is 4.79 Å². The van der Waals surface area contributed by atoms with Gasteiger partial charge in [-0.3, -0.25) is 9.69 Å². The maximum atomic E-state index is 13.5. The van der Waals surface area contributed by atoms with Crippen molar-refractivity contribution in [3.05, 3.63) is 87.1 Å². The lowest BCUT2D eigenvalue weighted by atomic mass is 9.74. The first-order chi connectivity index (χ1) is 18.5. The summed E-state index contributed by atoms with van der Waals surface area (Å²) in [4.78, 5) is 22.8. The van der Waals surface area contributed by atoms with Crippen LogP contribution < -0.4 is 4.90 Å². The summed E-state index contributed by atoms with van der Waals surface area (Å²) in [6.07, 6.45) is 10.8. The van der Waals surface area contributed by atoms with Crippen molar-refractivity contribution in [1.29, 1.82) is 0 Å². The number of halogens is 2. The quantitative estimate of drug-likeness (QED) is 0.271. The molecule has 0 saturated carbocycles. The minimum Gasteiger partial charge on any atom is -0.311 e. The first kappa shape index (κ1) is 25.4. The van der Waals surface area contributed by atoms with Crippen LogP contribution in [0.2, 0.25) is 10.0 Å². The van der Waals surface area contributed by atoms with Crippen LogP contribution in [0.5, 0.6) is 0 Å². The van der Waals surface area contributed by atoms with E-state index in [-0.39, 0.29) is 11.3 Å². The van der Waals surface area contributed by atoms with Gasteiger partial charge in [0.2, 0.25) is 5.91 Å². The molecule has 0 bridgehead atoms. The molecule has 194 valence electrons. The Bertz CT molecular complexity index is 1500. The summed E-state index contributed by atoms with van der Waals surface area (Å²) in [5.41, 5.74) is 7.29. The Hall–Kier alpha value is -2.84. The van der Waals surface area contributed by atoms with E-state index in [0.29, 0.717) is 22.9 Å². The Labute approximate surface area is 235 Å². The zero-order valence-corrected chi connectivity index (χ0v) is 23.1. The van der Waals surface area contributed by atoms with Crippen LogP contribution in [-0.4, -0.2) is 52.2 Å². The summed E-state index contributed by atoms with van der Waals surface area (Å²) in [6, 6.07) is 11.8. The highest BCUT2D eigenvalue weighted by atomic mass is 35.5. The number of carbonyl (C=O) groups is 1. The number of aryl methyl sites for hydroxylation is 1. The van der Waals surface area contributed by atoms with Crippen molar-refractivity contribution in [2.24, 2.45) is 0 Å². The topological polar surface area (TPSA) is 62.2 Å². The number of carbonyl (C=O) groups excluding carboxylic acids is 1. The van der Waals surface area contributed by atoms with E-state index in [1.165, 1.54) is 10.3 Å². The normalized spacial score (nSPS) is 17.1. The number of thiazole rings is 1. The fraction of sp³-hybridized carbons (Fsp3) is 0.310. The van der Waals surface area contributed by atoms with Gasteiger partial charge in [-0.05, 0) is 73.8 Å². The monoisotopic (exact) mass is 563 g/mol. The largest absolute Gasteiger partial charge is 0.311 e. The SMILES string of the molecule is O=C(CCc1ccnnc1)N1CC2(CCN(C/C=C/c3ccc(Cl)c(Cl)c3)CC2)c2c1ccc1scnc21. The molecule has 0 radical (unpaired) electrons. The molecule has 0 unspecified atom stereocenters. The minimum atomic E-state index is -0.0687. The van der Waals surface area contributed by atoms with Gasteiger partial charge in [0.25, 0.3) is 0 Å². The molecule has 1 saturated heterocycles. The molecule has 2 aliphatic heterocycles. The molecule has 4 heterocycles. The van der Waals surface area contributed by atoms with E-state index in [4.69, 9.17) is 28.2 Å². The van der Waals surface area contributed by atoms with E-state index >= 15 is 0 Å². The number of hydrogen-bond acceptors (Lipinski definition) is 6. The molecule has 38 heavy (non-hydrogen) atoms. The van der Waals surface area contributed by atoms with Gasteiger partial charge < -0.3 is 4.90 Å². The molecule has 1 spiro atoms. The Kier molecular flexibility index (Phi) is 7.18. The number of rotatable bonds is 6. The first-order valence-electron chi connectivity index (χ1n) is 12.8. The van der Waals surface area contributed by atoms with E-state index in [1.54, 1.807) is 23.7 Å². The highest BCUT2D eigenvalue weighted by Gasteiger charge is 2.47. The molecule has 0 aliphatic carbocycles. The standard InChI is InChI=1S/C29H27Cl2N5OS/c30-22-5-3-20(16-23(22)31)2-1-13-35-14-10-29(11-15-35)18-36(26(37)8-4-21-9-12-33-34-17-21)24-6-7-25-28(27(24)29)32-19-38-25/h1-3,5-7,9,12,16-17,19H,4,8,10-11,13-15,18H2/b2-1+. The lowest BCUT2D eigenvalue weighted by Gasteiger charge is -2.39. The molecule has 0 atom stereocenters. The van der Waals surface area contributed by atoms with Crippen LogP contribution in [0.1, 0.15) is 36.0 Å². The maximum Gasteiger partial charge on any atom is 0.227 e.